The largest absolute Gasteiger partial charge is 0.319 e. The molecule has 9 heavy (non-hydrogen) atoms. The second-order valence-corrected chi connectivity index (χ2v) is 2.82. The number of hydrogen-bond donors (Lipinski definition) is 3. The zero-order valence-corrected chi connectivity index (χ0v) is 7.20. The van der Waals surface area contributed by atoms with E-state index in [1.807, 2.05) is 14.1 Å². The van der Waals surface area contributed by atoms with Crippen molar-refractivity contribution in [1.82, 2.24) is 10.6 Å². The summed E-state index contributed by atoms with van der Waals surface area (Å²) in [6, 6.07) is 0. The van der Waals surface area contributed by atoms with Gasteiger partial charge in [-0.05, 0) is 26.6 Å². The van der Waals surface area contributed by atoms with Crippen LogP contribution in [0.3, 0.4) is 0 Å². The minimum Gasteiger partial charge on any atom is -0.319 e. The van der Waals surface area contributed by atoms with Gasteiger partial charge in [-0.1, -0.05) is 6.92 Å². The Kier molecular flexibility index (Phi) is 5.24. The molecule has 2 N–H and O–H groups in total. The van der Waals surface area contributed by atoms with Crippen molar-refractivity contribution < 1.29 is 0 Å². The predicted molar refractivity (Wildman–Crippen MR) is 44.9 cm³/mol. The van der Waals surface area contributed by atoms with Gasteiger partial charge in [0.2, 0.25) is 0 Å². The summed E-state index contributed by atoms with van der Waals surface area (Å²) >= 11 is 4.31. The van der Waals surface area contributed by atoms with Crippen molar-refractivity contribution in [2.45, 2.75) is 12.3 Å². The molecule has 3 heteroatoms. The molecule has 0 heterocycles. The second-order valence-electron chi connectivity index (χ2n) is 2.27. The quantitative estimate of drug-likeness (QED) is 0.395. The summed E-state index contributed by atoms with van der Waals surface area (Å²) in [6.07, 6.45) is 0. The Morgan fingerprint density at radius 1 is 1.44 bits per heavy atom. The van der Waals surface area contributed by atoms with E-state index in [2.05, 4.69) is 30.2 Å². The van der Waals surface area contributed by atoms with Gasteiger partial charge in [-0.2, -0.15) is 12.6 Å². The smallest absolute Gasteiger partial charge is 0.0538 e. The molecule has 0 saturated heterocycles. The second kappa shape index (κ2) is 5.09. The van der Waals surface area contributed by atoms with E-state index < -0.39 is 0 Å². The van der Waals surface area contributed by atoms with Gasteiger partial charge in [0.15, 0.2) is 0 Å². The van der Waals surface area contributed by atoms with Crippen LogP contribution in [0, 0.1) is 5.92 Å². The van der Waals surface area contributed by atoms with Crippen molar-refractivity contribution in [2.24, 2.45) is 5.92 Å². The van der Waals surface area contributed by atoms with Crippen LogP contribution in [-0.4, -0.2) is 26.0 Å². The zero-order valence-electron chi connectivity index (χ0n) is 6.31. The van der Waals surface area contributed by atoms with Gasteiger partial charge >= 0.3 is 0 Å². The first-order valence-electron chi connectivity index (χ1n) is 3.22. The van der Waals surface area contributed by atoms with E-state index in [-0.39, 0.29) is 0 Å². The molecule has 0 fully saturated rings. The van der Waals surface area contributed by atoms with Crippen molar-refractivity contribution in [2.75, 3.05) is 20.6 Å². The lowest BCUT2D eigenvalue weighted by Crippen LogP contribution is -2.32. The van der Waals surface area contributed by atoms with Gasteiger partial charge in [-0.3, -0.25) is 0 Å². The Morgan fingerprint density at radius 2 is 2.00 bits per heavy atom. The summed E-state index contributed by atoms with van der Waals surface area (Å²) < 4.78 is 0. The molecule has 0 bridgehead atoms. The fourth-order valence-corrected chi connectivity index (χ4v) is 0.824. The Labute approximate surface area is 62.8 Å². The first kappa shape index (κ1) is 9.27. The molecule has 0 aliphatic carbocycles. The Hall–Kier alpha value is 0.270. The number of hydrogen-bond acceptors (Lipinski definition) is 3. The van der Waals surface area contributed by atoms with Crippen LogP contribution in [0.25, 0.3) is 0 Å². The molecule has 0 rings (SSSR count). The van der Waals surface area contributed by atoms with Crippen molar-refractivity contribution >= 4 is 12.6 Å². The topological polar surface area (TPSA) is 24.1 Å². The predicted octanol–water partition coefficient (Wildman–Crippen LogP) is 0.317. The molecular weight excluding hydrogens is 132 g/mol. The van der Waals surface area contributed by atoms with Crippen LogP contribution < -0.4 is 10.6 Å². The summed E-state index contributed by atoms with van der Waals surface area (Å²) in [7, 11) is 3.87. The third-order valence-electron chi connectivity index (χ3n) is 1.36. The van der Waals surface area contributed by atoms with Gasteiger partial charge in [0, 0.05) is 0 Å². The lowest BCUT2D eigenvalue weighted by molar-refractivity contribution is 0.487. The fourth-order valence-electron chi connectivity index (χ4n) is 0.718. The van der Waals surface area contributed by atoms with Crippen LogP contribution in [0.5, 0.6) is 0 Å². The lowest BCUT2D eigenvalue weighted by Gasteiger charge is -2.17. The Bertz CT molecular complexity index is 68.1. The number of nitrogens with one attached hydrogen (secondary N) is 2. The van der Waals surface area contributed by atoms with E-state index in [0.29, 0.717) is 11.3 Å². The normalized spacial score (nSPS) is 17.3. The van der Waals surface area contributed by atoms with Gasteiger partial charge < -0.3 is 10.6 Å². The highest BCUT2D eigenvalue weighted by Crippen LogP contribution is 2.03. The van der Waals surface area contributed by atoms with Crippen LogP contribution in [0.2, 0.25) is 0 Å². The molecule has 2 unspecified atom stereocenters. The standard InChI is InChI=1S/C6H16N2S/c1-5(4-7-2)6(9)8-3/h5-9H,4H2,1-3H3. The van der Waals surface area contributed by atoms with E-state index in [1.54, 1.807) is 0 Å². The minimum absolute atomic E-state index is 0.303. The minimum atomic E-state index is 0.303. The van der Waals surface area contributed by atoms with Crippen LogP contribution in [0.4, 0.5) is 0 Å². The highest BCUT2D eigenvalue weighted by Gasteiger charge is 2.07. The Morgan fingerprint density at radius 3 is 2.33 bits per heavy atom. The number of rotatable bonds is 4. The van der Waals surface area contributed by atoms with Gasteiger partial charge in [0.1, 0.15) is 0 Å². The fraction of sp³-hybridized carbons (Fsp3) is 1.00. The highest BCUT2D eigenvalue weighted by atomic mass is 32.1. The van der Waals surface area contributed by atoms with Gasteiger partial charge in [0.05, 0.1) is 5.37 Å². The van der Waals surface area contributed by atoms with Crippen molar-refractivity contribution in [3.05, 3.63) is 0 Å². The molecule has 0 amide bonds. The van der Waals surface area contributed by atoms with Gasteiger partial charge in [-0.15, -0.1) is 0 Å². The van der Waals surface area contributed by atoms with Crippen LogP contribution in [0.15, 0.2) is 0 Å². The molecular formula is C6H16N2S. The SMILES string of the molecule is CNCC(C)C(S)NC. The molecule has 0 spiro atoms. The van der Waals surface area contributed by atoms with Crippen molar-refractivity contribution in [1.29, 1.82) is 0 Å². The maximum absolute atomic E-state index is 4.31. The summed E-state index contributed by atoms with van der Waals surface area (Å²) in [6.45, 7) is 3.17. The average molecular weight is 148 g/mol. The molecule has 0 radical (unpaired) electrons. The van der Waals surface area contributed by atoms with Crippen LogP contribution in [-0.2, 0) is 0 Å². The molecule has 0 aliphatic rings. The van der Waals surface area contributed by atoms with Gasteiger partial charge in [0.25, 0.3) is 0 Å². The van der Waals surface area contributed by atoms with Crippen molar-refractivity contribution in [3.63, 3.8) is 0 Å². The average Bonchev–Trinajstić information content (AvgIpc) is 1.87. The number of thiol groups is 1. The van der Waals surface area contributed by atoms with Crippen molar-refractivity contribution in [3.8, 4) is 0 Å². The maximum Gasteiger partial charge on any atom is 0.0538 e. The van der Waals surface area contributed by atoms with Gasteiger partial charge in [-0.25, -0.2) is 0 Å². The molecule has 0 aromatic rings. The van der Waals surface area contributed by atoms with E-state index in [4.69, 9.17) is 0 Å². The molecule has 0 aromatic carbocycles. The molecule has 0 saturated carbocycles. The summed E-state index contributed by atoms with van der Waals surface area (Å²) in [5.74, 6) is 0.573. The first-order valence-corrected chi connectivity index (χ1v) is 3.74. The lowest BCUT2D eigenvalue weighted by atomic mass is 10.2. The monoisotopic (exact) mass is 148 g/mol. The van der Waals surface area contributed by atoms with E-state index in [1.165, 1.54) is 0 Å². The van der Waals surface area contributed by atoms with E-state index in [9.17, 15) is 0 Å². The summed E-state index contributed by atoms with van der Waals surface area (Å²) in [5.41, 5.74) is 0. The third-order valence-corrected chi connectivity index (χ3v) is 2.13. The highest BCUT2D eigenvalue weighted by molar-refractivity contribution is 7.80. The summed E-state index contributed by atoms with van der Waals surface area (Å²) in [4.78, 5) is 0. The summed E-state index contributed by atoms with van der Waals surface area (Å²) in [5, 5.41) is 6.47. The molecule has 2 nitrogen and oxygen atoms in total. The molecule has 0 aromatic heterocycles. The van der Waals surface area contributed by atoms with E-state index in [0.717, 1.165) is 6.54 Å². The maximum atomic E-state index is 4.31. The van der Waals surface area contributed by atoms with Crippen LogP contribution >= 0.6 is 12.6 Å². The third kappa shape index (κ3) is 3.78. The molecule has 2 atom stereocenters. The first-order chi connectivity index (χ1) is 4.22. The van der Waals surface area contributed by atoms with Crippen LogP contribution in [0.1, 0.15) is 6.92 Å². The Balaban J connectivity index is 3.32. The molecule has 56 valence electrons. The molecule has 0 aliphatic heterocycles. The zero-order chi connectivity index (χ0) is 7.28. The van der Waals surface area contributed by atoms with E-state index >= 15 is 0 Å².